The van der Waals surface area contributed by atoms with Gasteiger partial charge in [-0.3, -0.25) is 4.79 Å². The number of methoxy groups -OCH3 is 1. The molecule has 1 saturated heterocycles. The predicted octanol–water partition coefficient (Wildman–Crippen LogP) is 3.03. The molecule has 0 aromatic heterocycles. The van der Waals surface area contributed by atoms with Crippen LogP contribution < -0.4 is 4.74 Å². The van der Waals surface area contributed by atoms with Crippen LogP contribution in [0.1, 0.15) is 35.7 Å². The monoisotopic (exact) mass is 428 g/mol. The molecular formula is C23H24O8. The van der Waals surface area contributed by atoms with Gasteiger partial charge in [0.25, 0.3) is 0 Å². The van der Waals surface area contributed by atoms with Crippen LogP contribution in [-0.2, 0) is 35.1 Å². The third-order valence-electron chi connectivity index (χ3n) is 4.62. The van der Waals surface area contributed by atoms with Gasteiger partial charge in [-0.15, -0.1) is 0 Å². The smallest absolute Gasteiger partial charge is 0.338 e. The van der Waals surface area contributed by atoms with Crippen LogP contribution in [0.2, 0.25) is 0 Å². The minimum Gasteiger partial charge on any atom is -0.467 e. The number of hydrogen-bond donors (Lipinski definition) is 0. The van der Waals surface area contributed by atoms with E-state index in [9.17, 15) is 14.4 Å². The van der Waals surface area contributed by atoms with Crippen LogP contribution in [0.5, 0.6) is 5.75 Å². The van der Waals surface area contributed by atoms with Crippen molar-refractivity contribution >= 4 is 17.9 Å². The van der Waals surface area contributed by atoms with E-state index in [4.69, 9.17) is 23.7 Å². The summed E-state index contributed by atoms with van der Waals surface area (Å²) in [5.74, 6) is -1.05. The maximum Gasteiger partial charge on any atom is 0.338 e. The third kappa shape index (κ3) is 6.55. The van der Waals surface area contributed by atoms with Crippen molar-refractivity contribution in [2.75, 3.05) is 7.11 Å². The summed E-state index contributed by atoms with van der Waals surface area (Å²) in [7, 11) is 1.26. The molecule has 2 aromatic rings. The Morgan fingerprint density at radius 3 is 2.35 bits per heavy atom. The van der Waals surface area contributed by atoms with Crippen molar-refractivity contribution in [3.05, 3.63) is 65.7 Å². The molecule has 8 nitrogen and oxygen atoms in total. The number of esters is 3. The van der Waals surface area contributed by atoms with E-state index in [2.05, 4.69) is 0 Å². The first-order chi connectivity index (χ1) is 14.9. The molecule has 164 valence electrons. The number of carbonyl (C=O) groups excluding carboxylic acids is 3. The first-order valence-corrected chi connectivity index (χ1v) is 9.83. The van der Waals surface area contributed by atoms with Crippen molar-refractivity contribution < 1.29 is 38.1 Å². The average Bonchev–Trinajstić information content (AvgIpc) is 2.77. The van der Waals surface area contributed by atoms with Gasteiger partial charge in [0.2, 0.25) is 6.29 Å². The zero-order chi connectivity index (χ0) is 22.2. The molecule has 0 N–H and O–H groups in total. The van der Waals surface area contributed by atoms with Gasteiger partial charge < -0.3 is 23.7 Å². The van der Waals surface area contributed by atoms with Crippen molar-refractivity contribution in [1.82, 2.24) is 0 Å². The van der Waals surface area contributed by atoms with Gasteiger partial charge in [0, 0.05) is 19.8 Å². The molecule has 3 atom stereocenters. The number of hydrogen-bond acceptors (Lipinski definition) is 8. The van der Waals surface area contributed by atoms with Crippen LogP contribution in [0, 0.1) is 0 Å². The molecule has 3 rings (SSSR count). The summed E-state index contributed by atoms with van der Waals surface area (Å²) in [6.07, 6.45) is -1.81. The molecule has 1 fully saturated rings. The maximum absolute atomic E-state index is 12.2. The van der Waals surface area contributed by atoms with Crippen LogP contribution >= 0.6 is 0 Å². The Morgan fingerprint density at radius 1 is 1.00 bits per heavy atom. The summed E-state index contributed by atoms with van der Waals surface area (Å²) in [5.41, 5.74) is 1.27. The van der Waals surface area contributed by atoms with Crippen molar-refractivity contribution in [3.63, 3.8) is 0 Å². The van der Waals surface area contributed by atoms with Crippen molar-refractivity contribution in [2.45, 2.75) is 44.9 Å². The Balaban J connectivity index is 1.59. The fraction of sp³-hybridized carbons (Fsp3) is 0.348. The lowest BCUT2D eigenvalue weighted by atomic mass is 10.0. The molecule has 0 spiro atoms. The Morgan fingerprint density at radius 2 is 1.71 bits per heavy atom. The SMILES string of the molecule is COC(=O)[C@@H]1CC(OC(C)=O)C[C@H](Oc2ccc(C(=O)OCc3ccccc3)cc2)O1. The van der Waals surface area contributed by atoms with Crippen LogP contribution in [0.25, 0.3) is 0 Å². The highest BCUT2D eigenvalue weighted by molar-refractivity contribution is 5.89. The molecule has 0 saturated carbocycles. The Bertz CT molecular complexity index is 894. The van der Waals surface area contributed by atoms with E-state index in [0.717, 1.165) is 5.56 Å². The summed E-state index contributed by atoms with van der Waals surface area (Å²) in [6, 6.07) is 15.7. The predicted molar refractivity (Wildman–Crippen MR) is 108 cm³/mol. The molecule has 1 aliphatic heterocycles. The number of rotatable bonds is 7. The van der Waals surface area contributed by atoms with Gasteiger partial charge in [0.05, 0.1) is 12.7 Å². The third-order valence-corrected chi connectivity index (χ3v) is 4.62. The fourth-order valence-electron chi connectivity index (χ4n) is 3.16. The van der Waals surface area contributed by atoms with Crippen molar-refractivity contribution in [1.29, 1.82) is 0 Å². The molecule has 0 amide bonds. The summed E-state index contributed by atoms with van der Waals surface area (Å²) in [5, 5.41) is 0. The zero-order valence-electron chi connectivity index (χ0n) is 17.3. The molecule has 0 aliphatic carbocycles. The van der Waals surface area contributed by atoms with E-state index in [1.54, 1.807) is 24.3 Å². The normalized spacial score (nSPS) is 20.4. The van der Waals surface area contributed by atoms with Gasteiger partial charge in [-0.1, -0.05) is 30.3 Å². The van der Waals surface area contributed by atoms with Crippen LogP contribution in [0.15, 0.2) is 54.6 Å². The maximum atomic E-state index is 12.2. The number of benzene rings is 2. The largest absolute Gasteiger partial charge is 0.467 e. The van der Waals surface area contributed by atoms with E-state index >= 15 is 0 Å². The first kappa shape index (κ1) is 22.3. The number of ether oxygens (including phenoxy) is 5. The minimum absolute atomic E-state index is 0.181. The molecule has 8 heteroatoms. The molecule has 1 unspecified atom stereocenters. The highest BCUT2D eigenvalue weighted by Crippen LogP contribution is 2.26. The Hall–Kier alpha value is -3.39. The van der Waals surface area contributed by atoms with Gasteiger partial charge in [-0.2, -0.15) is 0 Å². The van der Waals surface area contributed by atoms with Crippen LogP contribution in [-0.4, -0.2) is 43.5 Å². The lowest BCUT2D eigenvalue weighted by Crippen LogP contribution is -2.44. The Kier molecular flexibility index (Phi) is 7.61. The second-order valence-corrected chi connectivity index (χ2v) is 6.98. The molecule has 2 aromatic carbocycles. The zero-order valence-corrected chi connectivity index (χ0v) is 17.3. The molecule has 0 bridgehead atoms. The van der Waals surface area contributed by atoms with E-state index in [0.29, 0.717) is 11.3 Å². The molecule has 0 radical (unpaired) electrons. The van der Waals surface area contributed by atoms with Gasteiger partial charge in [0.15, 0.2) is 6.10 Å². The quantitative estimate of drug-likeness (QED) is 0.490. The second-order valence-electron chi connectivity index (χ2n) is 6.98. The van der Waals surface area contributed by atoms with E-state index in [1.807, 2.05) is 30.3 Å². The summed E-state index contributed by atoms with van der Waals surface area (Å²) in [6.45, 7) is 1.48. The Labute approximate surface area is 180 Å². The first-order valence-electron chi connectivity index (χ1n) is 9.83. The lowest BCUT2D eigenvalue weighted by molar-refractivity contribution is -0.204. The van der Waals surface area contributed by atoms with E-state index in [1.165, 1.54) is 14.0 Å². The molecule has 31 heavy (non-hydrogen) atoms. The van der Waals surface area contributed by atoms with E-state index < -0.39 is 36.4 Å². The van der Waals surface area contributed by atoms with Crippen LogP contribution in [0.3, 0.4) is 0 Å². The van der Waals surface area contributed by atoms with Crippen LogP contribution in [0.4, 0.5) is 0 Å². The van der Waals surface area contributed by atoms with Crippen molar-refractivity contribution in [2.24, 2.45) is 0 Å². The molecular weight excluding hydrogens is 404 g/mol. The average molecular weight is 428 g/mol. The summed E-state index contributed by atoms with van der Waals surface area (Å²) < 4.78 is 26.7. The van der Waals surface area contributed by atoms with E-state index in [-0.39, 0.29) is 19.4 Å². The summed E-state index contributed by atoms with van der Waals surface area (Å²) in [4.78, 5) is 35.4. The van der Waals surface area contributed by atoms with Crippen molar-refractivity contribution in [3.8, 4) is 5.75 Å². The highest BCUT2D eigenvalue weighted by atomic mass is 16.7. The van der Waals surface area contributed by atoms with Gasteiger partial charge in [-0.25, -0.2) is 9.59 Å². The minimum atomic E-state index is -0.902. The standard InChI is InChI=1S/C23H24O8/c1-15(24)29-19-12-20(23(26)27-2)31-21(13-19)30-18-10-8-17(9-11-18)22(25)28-14-16-6-4-3-5-7-16/h3-11,19-21H,12-14H2,1-2H3/t19?,20-,21+/m0/s1. The molecule has 1 aliphatic rings. The topological polar surface area (TPSA) is 97.4 Å². The molecule has 1 heterocycles. The summed E-state index contributed by atoms with van der Waals surface area (Å²) >= 11 is 0. The van der Waals surface area contributed by atoms with Gasteiger partial charge in [-0.05, 0) is 29.8 Å². The lowest BCUT2D eigenvalue weighted by Gasteiger charge is -2.33. The van der Waals surface area contributed by atoms with Gasteiger partial charge in [0.1, 0.15) is 18.5 Å². The second kappa shape index (κ2) is 10.6. The fourth-order valence-corrected chi connectivity index (χ4v) is 3.16. The highest BCUT2D eigenvalue weighted by Gasteiger charge is 2.37. The van der Waals surface area contributed by atoms with Gasteiger partial charge >= 0.3 is 17.9 Å². The number of carbonyl (C=O) groups is 3.